The topological polar surface area (TPSA) is 83.6 Å². The zero-order valence-electron chi connectivity index (χ0n) is 13.0. The Labute approximate surface area is 126 Å². The summed E-state index contributed by atoms with van der Waals surface area (Å²) in [5.41, 5.74) is 5.54. The maximum Gasteiger partial charge on any atom is 0.303 e. The fourth-order valence-electron chi connectivity index (χ4n) is 4.04. The number of carbonyl (C=O) groups excluding carboxylic acids is 1. The summed E-state index contributed by atoms with van der Waals surface area (Å²) < 4.78 is 0. The Morgan fingerprint density at radius 1 is 1.24 bits per heavy atom. The van der Waals surface area contributed by atoms with Gasteiger partial charge in [-0.1, -0.05) is 6.92 Å². The van der Waals surface area contributed by atoms with Crippen molar-refractivity contribution in [3.05, 3.63) is 0 Å². The molecule has 0 aromatic rings. The van der Waals surface area contributed by atoms with Crippen LogP contribution in [0.4, 0.5) is 0 Å². The van der Waals surface area contributed by atoms with Crippen molar-refractivity contribution in [2.45, 2.75) is 70.4 Å². The summed E-state index contributed by atoms with van der Waals surface area (Å²) in [6.07, 6.45) is 6.57. The number of hydrogen-bond donors (Lipinski definition) is 2. The van der Waals surface area contributed by atoms with E-state index in [9.17, 15) is 9.59 Å². The highest BCUT2D eigenvalue weighted by Gasteiger charge is 2.43. The van der Waals surface area contributed by atoms with Crippen LogP contribution in [0.25, 0.3) is 0 Å². The van der Waals surface area contributed by atoms with E-state index in [-0.39, 0.29) is 30.3 Å². The van der Waals surface area contributed by atoms with Crippen molar-refractivity contribution in [1.29, 1.82) is 0 Å². The van der Waals surface area contributed by atoms with Crippen molar-refractivity contribution >= 4 is 11.9 Å². The second-order valence-corrected chi connectivity index (χ2v) is 6.84. The SMILES string of the molecule is CC(CCN)CCC(=O)N1C2CCC1CC(CC(=O)O)C2. The second-order valence-electron chi connectivity index (χ2n) is 6.84. The van der Waals surface area contributed by atoms with E-state index in [1.54, 1.807) is 0 Å². The van der Waals surface area contributed by atoms with Gasteiger partial charge in [-0.25, -0.2) is 0 Å². The van der Waals surface area contributed by atoms with Crippen molar-refractivity contribution in [2.24, 2.45) is 17.6 Å². The van der Waals surface area contributed by atoms with Crippen LogP contribution in [0.3, 0.4) is 0 Å². The van der Waals surface area contributed by atoms with Crippen molar-refractivity contribution < 1.29 is 14.7 Å². The molecular formula is C16H28N2O3. The number of amides is 1. The normalized spacial score (nSPS) is 29.4. The molecule has 2 saturated heterocycles. The highest BCUT2D eigenvalue weighted by atomic mass is 16.4. The molecule has 3 N–H and O–H groups in total. The standard InChI is InChI=1S/C16H28N2O3/c1-11(6-7-17)2-5-15(19)18-13-3-4-14(18)9-12(8-13)10-16(20)21/h11-14H,2-10,17H2,1H3,(H,20,21). The largest absolute Gasteiger partial charge is 0.481 e. The zero-order valence-corrected chi connectivity index (χ0v) is 13.0. The third-order valence-corrected chi connectivity index (χ3v) is 5.09. The number of hydrogen-bond acceptors (Lipinski definition) is 3. The molecule has 2 fully saturated rings. The van der Waals surface area contributed by atoms with E-state index in [0.29, 0.717) is 18.9 Å². The van der Waals surface area contributed by atoms with E-state index in [1.807, 2.05) is 0 Å². The van der Waals surface area contributed by atoms with Gasteiger partial charge in [0.25, 0.3) is 0 Å². The molecule has 3 unspecified atom stereocenters. The average Bonchev–Trinajstić information content (AvgIpc) is 2.67. The predicted octanol–water partition coefficient (Wildman–Crippen LogP) is 2.00. The molecule has 2 aliphatic rings. The van der Waals surface area contributed by atoms with Crippen LogP contribution in [0.1, 0.15) is 58.3 Å². The number of carboxylic acids is 1. The van der Waals surface area contributed by atoms with Crippen molar-refractivity contribution in [2.75, 3.05) is 6.54 Å². The van der Waals surface area contributed by atoms with Gasteiger partial charge < -0.3 is 15.7 Å². The lowest BCUT2D eigenvalue weighted by atomic mass is 9.87. The molecule has 0 saturated carbocycles. The first kappa shape index (κ1) is 16.3. The molecule has 0 radical (unpaired) electrons. The fourth-order valence-corrected chi connectivity index (χ4v) is 4.04. The van der Waals surface area contributed by atoms with Crippen molar-refractivity contribution in [1.82, 2.24) is 4.90 Å². The van der Waals surface area contributed by atoms with Gasteiger partial charge in [0.1, 0.15) is 0 Å². The maximum absolute atomic E-state index is 12.5. The first-order chi connectivity index (χ1) is 10.0. The van der Waals surface area contributed by atoms with Gasteiger partial charge in [-0.15, -0.1) is 0 Å². The van der Waals surface area contributed by atoms with Crippen LogP contribution in [0, 0.1) is 11.8 Å². The van der Waals surface area contributed by atoms with Crippen LogP contribution < -0.4 is 5.73 Å². The lowest BCUT2D eigenvalue weighted by Crippen LogP contribution is -2.46. The first-order valence-corrected chi connectivity index (χ1v) is 8.24. The van der Waals surface area contributed by atoms with E-state index >= 15 is 0 Å². The monoisotopic (exact) mass is 296 g/mol. The molecule has 1 amide bonds. The molecule has 3 atom stereocenters. The Hall–Kier alpha value is -1.10. The molecule has 120 valence electrons. The van der Waals surface area contributed by atoms with Gasteiger partial charge in [0, 0.05) is 24.9 Å². The molecule has 2 bridgehead atoms. The Morgan fingerprint density at radius 2 is 1.86 bits per heavy atom. The third kappa shape index (κ3) is 4.19. The van der Waals surface area contributed by atoms with Crippen LogP contribution in [-0.2, 0) is 9.59 Å². The van der Waals surface area contributed by atoms with E-state index < -0.39 is 5.97 Å². The van der Waals surface area contributed by atoms with Crippen LogP contribution >= 0.6 is 0 Å². The van der Waals surface area contributed by atoms with E-state index in [1.165, 1.54) is 0 Å². The van der Waals surface area contributed by atoms with Gasteiger partial charge in [-0.3, -0.25) is 9.59 Å². The van der Waals surface area contributed by atoms with Crippen LogP contribution in [0.15, 0.2) is 0 Å². The minimum Gasteiger partial charge on any atom is -0.481 e. The molecule has 5 heteroatoms. The Balaban J connectivity index is 1.85. The van der Waals surface area contributed by atoms with Gasteiger partial charge in [0.15, 0.2) is 0 Å². The Morgan fingerprint density at radius 3 is 2.38 bits per heavy atom. The minimum absolute atomic E-state index is 0.250. The molecule has 0 aromatic carbocycles. The lowest BCUT2D eigenvalue weighted by Gasteiger charge is -2.39. The maximum atomic E-state index is 12.5. The molecule has 2 aliphatic heterocycles. The fraction of sp³-hybridized carbons (Fsp3) is 0.875. The second kappa shape index (κ2) is 7.25. The molecule has 0 aromatic heterocycles. The molecule has 21 heavy (non-hydrogen) atoms. The van der Waals surface area contributed by atoms with Gasteiger partial charge in [0.05, 0.1) is 0 Å². The number of carboxylic acid groups (broad SMARTS) is 1. The summed E-state index contributed by atoms with van der Waals surface area (Å²) in [5.74, 6) is 0.302. The van der Waals surface area contributed by atoms with Gasteiger partial charge >= 0.3 is 5.97 Å². The van der Waals surface area contributed by atoms with Gasteiger partial charge in [0.2, 0.25) is 5.91 Å². The number of carbonyl (C=O) groups is 2. The smallest absolute Gasteiger partial charge is 0.303 e. The van der Waals surface area contributed by atoms with Gasteiger partial charge in [-0.05, 0) is 56.9 Å². The summed E-state index contributed by atoms with van der Waals surface area (Å²) in [6.45, 7) is 2.83. The predicted molar refractivity (Wildman–Crippen MR) is 80.7 cm³/mol. The Kier molecular flexibility index (Phi) is 5.62. The number of aliphatic carboxylic acids is 1. The highest BCUT2D eigenvalue weighted by molar-refractivity contribution is 5.77. The number of piperidine rings is 1. The number of nitrogens with zero attached hydrogens (tertiary/aromatic N) is 1. The third-order valence-electron chi connectivity index (χ3n) is 5.09. The summed E-state index contributed by atoms with van der Waals surface area (Å²) in [6, 6.07) is 0.566. The van der Waals surface area contributed by atoms with Crippen LogP contribution in [0.5, 0.6) is 0 Å². The first-order valence-electron chi connectivity index (χ1n) is 8.24. The van der Waals surface area contributed by atoms with Crippen LogP contribution in [-0.4, -0.2) is 40.5 Å². The van der Waals surface area contributed by atoms with Crippen molar-refractivity contribution in [3.8, 4) is 0 Å². The van der Waals surface area contributed by atoms with E-state index in [0.717, 1.165) is 38.5 Å². The summed E-state index contributed by atoms with van der Waals surface area (Å²) >= 11 is 0. The molecule has 2 rings (SSSR count). The van der Waals surface area contributed by atoms with Gasteiger partial charge in [-0.2, -0.15) is 0 Å². The van der Waals surface area contributed by atoms with Crippen LogP contribution in [0.2, 0.25) is 0 Å². The molecule has 2 heterocycles. The zero-order chi connectivity index (χ0) is 15.4. The minimum atomic E-state index is -0.713. The molecule has 5 nitrogen and oxygen atoms in total. The number of nitrogens with two attached hydrogens (primary N) is 1. The summed E-state index contributed by atoms with van der Waals surface area (Å²) in [7, 11) is 0. The van der Waals surface area contributed by atoms with Crippen molar-refractivity contribution in [3.63, 3.8) is 0 Å². The van der Waals surface area contributed by atoms with E-state index in [2.05, 4.69) is 11.8 Å². The van der Waals surface area contributed by atoms with E-state index in [4.69, 9.17) is 10.8 Å². The number of rotatable bonds is 7. The Bertz CT molecular complexity index is 372. The number of fused-ring (bicyclic) bond motifs is 2. The molecule has 0 spiro atoms. The molecule has 0 aliphatic carbocycles. The molecular weight excluding hydrogens is 268 g/mol. The summed E-state index contributed by atoms with van der Waals surface area (Å²) in [4.78, 5) is 25.4. The highest BCUT2D eigenvalue weighted by Crippen LogP contribution is 2.40. The lowest BCUT2D eigenvalue weighted by molar-refractivity contribution is -0.140. The quantitative estimate of drug-likeness (QED) is 0.752. The summed E-state index contributed by atoms with van der Waals surface area (Å²) in [5, 5.41) is 8.94. The average molecular weight is 296 g/mol.